The van der Waals surface area contributed by atoms with E-state index in [0.717, 1.165) is 0 Å². The van der Waals surface area contributed by atoms with Gasteiger partial charge in [0.1, 0.15) is 5.82 Å². The highest BCUT2D eigenvalue weighted by atomic mass is 19.1. The summed E-state index contributed by atoms with van der Waals surface area (Å²) in [6.07, 6.45) is 1.85. The standard InChI is InChI=1S/C21H24FN3O3/c1-3-28-21(27)25-10-9-18(14(2)13-25)24-20(26)16-7-8-19(23-12-16)15-5-4-6-17(22)11-15/h4-8,11-12,14,18H,3,9-10,13H2,1-2H3,(H,24,26)/t14-,18+/m1/s1. The van der Waals surface area contributed by atoms with Crippen LogP contribution in [-0.4, -0.2) is 47.6 Å². The number of ether oxygens (including phenoxy) is 1. The second-order valence-corrected chi connectivity index (χ2v) is 6.93. The minimum atomic E-state index is -0.329. The first-order chi connectivity index (χ1) is 13.5. The molecular weight excluding hydrogens is 361 g/mol. The van der Waals surface area contributed by atoms with Gasteiger partial charge in [-0.15, -0.1) is 0 Å². The lowest BCUT2D eigenvalue weighted by Crippen LogP contribution is -2.51. The summed E-state index contributed by atoms with van der Waals surface area (Å²) in [7, 11) is 0. The fourth-order valence-electron chi connectivity index (χ4n) is 3.34. The monoisotopic (exact) mass is 385 g/mol. The van der Waals surface area contributed by atoms with E-state index in [-0.39, 0.29) is 29.8 Å². The van der Waals surface area contributed by atoms with Gasteiger partial charge in [0, 0.05) is 30.9 Å². The van der Waals surface area contributed by atoms with Crippen LogP contribution in [0, 0.1) is 11.7 Å². The molecule has 0 radical (unpaired) electrons. The lowest BCUT2D eigenvalue weighted by molar-refractivity contribution is 0.0756. The van der Waals surface area contributed by atoms with Crippen molar-refractivity contribution < 1.29 is 18.7 Å². The maximum atomic E-state index is 13.4. The molecule has 2 aromatic rings. The van der Waals surface area contributed by atoms with E-state index >= 15 is 0 Å². The van der Waals surface area contributed by atoms with Gasteiger partial charge in [0.15, 0.2) is 0 Å². The van der Waals surface area contributed by atoms with Gasteiger partial charge >= 0.3 is 6.09 Å². The summed E-state index contributed by atoms with van der Waals surface area (Å²) in [5.74, 6) is -0.425. The van der Waals surface area contributed by atoms with Gasteiger partial charge in [-0.2, -0.15) is 0 Å². The third kappa shape index (κ3) is 4.65. The Bertz CT molecular complexity index is 841. The fraction of sp³-hybridized carbons (Fsp3) is 0.381. The molecule has 148 valence electrons. The number of carbonyl (C=O) groups is 2. The number of carbonyl (C=O) groups excluding carboxylic acids is 2. The molecule has 1 aromatic heterocycles. The predicted molar refractivity (Wildman–Crippen MR) is 103 cm³/mol. The second-order valence-electron chi connectivity index (χ2n) is 6.93. The van der Waals surface area contributed by atoms with Gasteiger partial charge in [-0.25, -0.2) is 9.18 Å². The van der Waals surface area contributed by atoms with Gasteiger partial charge in [0.25, 0.3) is 5.91 Å². The Labute approximate surface area is 163 Å². The van der Waals surface area contributed by atoms with Crippen LogP contribution >= 0.6 is 0 Å². The normalized spacial score (nSPS) is 19.2. The topological polar surface area (TPSA) is 71.5 Å². The van der Waals surface area contributed by atoms with E-state index < -0.39 is 0 Å². The SMILES string of the molecule is CCOC(=O)N1CC[C@H](NC(=O)c2ccc(-c3cccc(F)c3)nc2)[C@H](C)C1. The van der Waals surface area contributed by atoms with E-state index in [1.54, 1.807) is 36.1 Å². The minimum Gasteiger partial charge on any atom is -0.450 e. The summed E-state index contributed by atoms with van der Waals surface area (Å²) in [5.41, 5.74) is 1.71. The van der Waals surface area contributed by atoms with Crippen molar-refractivity contribution in [2.45, 2.75) is 26.3 Å². The number of hydrogen-bond donors (Lipinski definition) is 1. The van der Waals surface area contributed by atoms with E-state index in [0.29, 0.717) is 42.9 Å². The first-order valence-electron chi connectivity index (χ1n) is 9.42. The summed E-state index contributed by atoms with van der Waals surface area (Å²) in [5, 5.41) is 3.03. The molecule has 1 aliphatic rings. The summed E-state index contributed by atoms with van der Waals surface area (Å²) >= 11 is 0. The molecule has 2 heterocycles. The zero-order valence-electron chi connectivity index (χ0n) is 16.0. The summed E-state index contributed by atoms with van der Waals surface area (Å²) in [6.45, 7) is 5.22. The van der Waals surface area contributed by atoms with Crippen LogP contribution in [0.15, 0.2) is 42.6 Å². The smallest absolute Gasteiger partial charge is 0.409 e. The molecule has 3 rings (SSSR count). The molecular formula is C21H24FN3O3. The van der Waals surface area contributed by atoms with Crippen LogP contribution in [-0.2, 0) is 4.74 Å². The van der Waals surface area contributed by atoms with Crippen LogP contribution in [0.1, 0.15) is 30.6 Å². The first kappa shape index (κ1) is 19.8. The molecule has 2 atom stereocenters. The molecule has 28 heavy (non-hydrogen) atoms. The Kier molecular flexibility index (Phi) is 6.23. The van der Waals surface area contributed by atoms with Gasteiger partial charge in [0.05, 0.1) is 17.9 Å². The molecule has 0 saturated carbocycles. The highest BCUT2D eigenvalue weighted by molar-refractivity contribution is 5.94. The van der Waals surface area contributed by atoms with Crippen molar-refractivity contribution in [2.24, 2.45) is 5.92 Å². The Morgan fingerprint density at radius 1 is 1.32 bits per heavy atom. The number of pyridine rings is 1. The molecule has 0 unspecified atom stereocenters. The minimum absolute atomic E-state index is 0.0268. The molecule has 7 heteroatoms. The van der Waals surface area contributed by atoms with Gasteiger partial charge < -0.3 is 15.0 Å². The Morgan fingerprint density at radius 2 is 2.14 bits per heavy atom. The van der Waals surface area contributed by atoms with E-state index in [1.807, 2.05) is 6.92 Å². The van der Waals surface area contributed by atoms with Crippen molar-refractivity contribution in [3.63, 3.8) is 0 Å². The zero-order valence-corrected chi connectivity index (χ0v) is 16.0. The molecule has 6 nitrogen and oxygen atoms in total. The molecule has 1 aliphatic heterocycles. The van der Waals surface area contributed by atoms with Crippen LogP contribution in [0.25, 0.3) is 11.3 Å². The number of nitrogens with one attached hydrogen (secondary N) is 1. The molecule has 0 bridgehead atoms. The van der Waals surface area contributed by atoms with E-state index in [1.165, 1.54) is 18.3 Å². The Hall–Kier alpha value is -2.96. The van der Waals surface area contributed by atoms with E-state index in [9.17, 15) is 14.0 Å². The number of hydrogen-bond acceptors (Lipinski definition) is 4. The van der Waals surface area contributed by atoms with Crippen molar-refractivity contribution in [1.82, 2.24) is 15.2 Å². The maximum Gasteiger partial charge on any atom is 0.409 e. The van der Waals surface area contributed by atoms with Crippen molar-refractivity contribution in [3.8, 4) is 11.3 Å². The average Bonchev–Trinajstić information content (AvgIpc) is 2.69. The van der Waals surface area contributed by atoms with Crippen molar-refractivity contribution in [2.75, 3.05) is 19.7 Å². The largest absolute Gasteiger partial charge is 0.450 e. The highest BCUT2D eigenvalue weighted by Crippen LogP contribution is 2.20. The molecule has 0 aliphatic carbocycles. The van der Waals surface area contributed by atoms with Gasteiger partial charge in [-0.05, 0) is 43.5 Å². The predicted octanol–water partition coefficient (Wildman–Crippen LogP) is 3.48. The van der Waals surface area contributed by atoms with Gasteiger partial charge in [-0.1, -0.05) is 19.1 Å². The molecule has 1 fully saturated rings. The maximum absolute atomic E-state index is 13.4. The summed E-state index contributed by atoms with van der Waals surface area (Å²) in [6, 6.07) is 9.53. The fourth-order valence-corrected chi connectivity index (χ4v) is 3.34. The molecule has 2 amide bonds. The first-order valence-corrected chi connectivity index (χ1v) is 9.42. The third-order valence-corrected chi connectivity index (χ3v) is 4.89. The lowest BCUT2D eigenvalue weighted by Gasteiger charge is -2.36. The second kappa shape index (κ2) is 8.82. The van der Waals surface area contributed by atoms with E-state index in [2.05, 4.69) is 10.3 Å². The molecule has 1 saturated heterocycles. The van der Waals surface area contributed by atoms with Crippen molar-refractivity contribution in [3.05, 3.63) is 54.0 Å². The number of likely N-dealkylation sites (tertiary alicyclic amines) is 1. The van der Waals surface area contributed by atoms with Crippen molar-refractivity contribution in [1.29, 1.82) is 0 Å². The number of piperidine rings is 1. The van der Waals surface area contributed by atoms with Crippen LogP contribution < -0.4 is 5.32 Å². The number of benzene rings is 1. The number of amides is 2. The molecule has 1 N–H and O–H groups in total. The van der Waals surface area contributed by atoms with Crippen LogP contribution in [0.4, 0.5) is 9.18 Å². The Morgan fingerprint density at radius 3 is 2.79 bits per heavy atom. The van der Waals surface area contributed by atoms with Crippen LogP contribution in [0.3, 0.4) is 0 Å². The number of halogens is 1. The van der Waals surface area contributed by atoms with Crippen LogP contribution in [0.2, 0.25) is 0 Å². The van der Waals surface area contributed by atoms with Gasteiger partial charge in [0.2, 0.25) is 0 Å². The average molecular weight is 385 g/mol. The van der Waals surface area contributed by atoms with E-state index in [4.69, 9.17) is 4.74 Å². The zero-order chi connectivity index (χ0) is 20.1. The summed E-state index contributed by atoms with van der Waals surface area (Å²) in [4.78, 5) is 30.4. The Balaban J connectivity index is 1.60. The number of aromatic nitrogens is 1. The highest BCUT2D eigenvalue weighted by Gasteiger charge is 2.30. The third-order valence-electron chi connectivity index (χ3n) is 4.89. The quantitative estimate of drug-likeness (QED) is 0.875. The van der Waals surface area contributed by atoms with Crippen molar-refractivity contribution >= 4 is 12.0 Å². The number of rotatable bonds is 4. The van der Waals surface area contributed by atoms with Crippen LogP contribution in [0.5, 0.6) is 0 Å². The summed E-state index contributed by atoms with van der Waals surface area (Å²) < 4.78 is 18.4. The molecule has 0 spiro atoms. The molecule has 1 aromatic carbocycles. The number of nitrogens with zero attached hydrogens (tertiary/aromatic N) is 2. The van der Waals surface area contributed by atoms with Gasteiger partial charge in [-0.3, -0.25) is 9.78 Å². The lowest BCUT2D eigenvalue weighted by atomic mass is 9.94.